The van der Waals surface area contributed by atoms with Gasteiger partial charge >= 0.3 is 0 Å². The number of hydrogen-bond acceptors (Lipinski definition) is 6. The Kier molecular flexibility index (Phi) is 6.96. The van der Waals surface area contributed by atoms with Gasteiger partial charge in [-0.1, -0.05) is 67.9 Å². The predicted octanol–water partition coefficient (Wildman–Crippen LogP) is 6.09. The van der Waals surface area contributed by atoms with E-state index >= 15 is 0 Å². The number of aryl methyl sites for hydroxylation is 1. The van der Waals surface area contributed by atoms with Gasteiger partial charge in [-0.3, -0.25) is 9.69 Å². The quantitative estimate of drug-likeness (QED) is 0.322. The average molecular weight is 469 g/mol. The number of anilines is 1. The van der Waals surface area contributed by atoms with Gasteiger partial charge < -0.3 is 4.74 Å². The van der Waals surface area contributed by atoms with Crippen molar-refractivity contribution in [3.63, 3.8) is 0 Å². The van der Waals surface area contributed by atoms with Crippen molar-refractivity contribution in [3.8, 4) is 17.1 Å². The fourth-order valence-corrected chi connectivity index (χ4v) is 4.71. The molecule has 0 spiro atoms. The van der Waals surface area contributed by atoms with Crippen LogP contribution in [0.3, 0.4) is 0 Å². The molecule has 0 saturated carbocycles. The molecule has 0 saturated heterocycles. The van der Waals surface area contributed by atoms with Gasteiger partial charge in [0, 0.05) is 28.8 Å². The third-order valence-corrected chi connectivity index (χ3v) is 6.58. The highest BCUT2D eigenvalue weighted by molar-refractivity contribution is 7.99. The maximum absolute atomic E-state index is 12.9. The summed E-state index contributed by atoms with van der Waals surface area (Å²) in [6.07, 6.45) is 2.23. The van der Waals surface area contributed by atoms with Crippen molar-refractivity contribution >= 4 is 35.0 Å². The van der Waals surface area contributed by atoms with Gasteiger partial charge in [-0.25, -0.2) is 0 Å². The number of aromatic nitrogens is 3. The number of nitrogens with zero attached hydrogens (tertiary/aromatic N) is 4. The molecule has 8 heteroatoms. The Labute approximate surface area is 197 Å². The van der Waals surface area contributed by atoms with Gasteiger partial charge in [0.25, 0.3) is 0 Å². The van der Waals surface area contributed by atoms with Gasteiger partial charge in [0.15, 0.2) is 5.69 Å². The summed E-state index contributed by atoms with van der Waals surface area (Å²) in [7, 11) is 0. The molecular weight excluding hydrogens is 444 g/mol. The number of thioether (sulfide) groups is 1. The first-order chi connectivity index (χ1) is 15.5. The highest BCUT2D eigenvalue weighted by atomic mass is 35.5. The average Bonchev–Trinajstić information content (AvgIpc) is 2.93. The Hall–Kier alpha value is -2.64. The molecule has 2 aromatic carbocycles. The summed E-state index contributed by atoms with van der Waals surface area (Å²) in [6.45, 7) is 5.75. The van der Waals surface area contributed by atoms with Gasteiger partial charge in [0.2, 0.25) is 23.2 Å². The van der Waals surface area contributed by atoms with Gasteiger partial charge in [0.1, 0.15) is 0 Å². The molecule has 0 radical (unpaired) electrons. The summed E-state index contributed by atoms with van der Waals surface area (Å²) in [4.78, 5) is 19.2. The summed E-state index contributed by atoms with van der Waals surface area (Å²) in [5.41, 5.74) is 3.80. The Morgan fingerprint density at radius 2 is 2.00 bits per heavy atom. The van der Waals surface area contributed by atoms with E-state index in [4.69, 9.17) is 16.3 Å². The number of amides is 1. The van der Waals surface area contributed by atoms with Crippen LogP contribution in [0.5, 0.6) is 5.88 Å². The van der Waals surface area contributed by atoms with Crippen molar-refractivity contribution in [2.75, 3.05) is 10.7 Å². The number of fused-ring (bicyclic) bond motifs is 3. The van der Waals surface area contributed by atoms with Gasteiger partial charge in [-0.15, -0.1) is 10.2 Å². The largest absolute Gasteiger partial charge is 0.447 e. The number of carbonyl (C=O) groups is 1. The van der Waals surface area contributed by atoms with E-state index < -0.39 is 6.23 Å². The molecule has 0 N–H and O–H groups in total. The molecule has 1 atom stereocenters. The molecule has 4 rings (SSSR count). The SMILES string of the molecule is CCCCSc1nnc2c(n1)OC(c1ccccc1Cl)N(C(C)=O)c1ccc(CC)cc1-2. The normalized spacial score (nSPS) is 14.9. The number of hydrogen-bond donors (Lipinski definition) is 0. The molecule has 1 amide bonds. The van der Waals surface area contributed by atoms with E-state index in [0.717, 1.165) is 36.1 Å². The second kappa shape index (κ2) is 9.88. The third kappa shape index (κ3) is 4.45. The lowest BCUT2D eigenvalue weighted by molar-refractivity contribution is -0.118. The van der Waals surface area contributed by atoms with Crippen molar-refractivity contribution in [1.82, 2.24) is 15.2 Å². The lowest BCUT2D eigenvalue weighted by Crippen LogP contribution is -2.36. The lowest BCUT2D eigenvalue weighted by Gasteiger charge is -2.30. The number of unbranched alkanes of at least 4 members (excludes halogenated alkanes) is 1. The van der Waals surface area contributed by atoms with Crippen LogP contribution in [0.4, 0.5) is 5.69 Å². The van der Waals surface area contributed by atoms with Crippen LogP contribution < -0.4 is 9.64 Å². The van der Waals surface area contributed by atoms with Gasteiger partial charge in [0.05, 0.1) is 5.69 Å². The molecule has 1 unspecified atom stereocenters. The molecular formula is C24H25ClN4O2S. The number of rotatable bonds is 6. The molecule has 1 aliphatic rings. The van der Waals surface area contributed by atoms with Crippen LogP contribution >= 0.6 is 23.4 Å². The summed E-state index contributed by atoms with van der Waals surface area (Å²) < 4.78 is 6.39. The van der Waals surface area contributed by atoms with Gasteiger partial charge in [-0.05, 0) is 36.6 Å². The minimum atomic E-state index is -0.779. The van der Waals surface area contributed by atoms with E-state index in [2.05, 4.69) is 29.0 Å². The van der Waals surface area contributed by atoms with Crippen molar-refractivity contribution < 1.29 is 9.53 Å². The zero-order chi connectivity index (χ0) is 22.7. The molecule has 3 aromatic rings. The first-order valence-electron chi connectivity index (χ1n) is 10.7. The molecule has 166 valence electrons. The van der Waals surface area contributed by atoms with Crippen LogP contribution in [0.2, 0.25) is 5.02 Å². The molecule has 0 aliphatic carbocycles. The Morgan fingerprint density at radius 1 is 1.19 bits per heavy atom. The maximum Gasteiger partial charge on any atom is 0.247 e. The van der Waals surface area contributed by atoms with Crippen molar-refractivity contribution in [1.29, 1.82) is 0 Å². The van der Waals surface area contributed by atoms with E-state index in [1.807, 2.05) is 36.4 Å². The first kappa shape index (κ1) is 22.6. The number of ether oxygens (including phenoxy) is 1. The minimum Gasteiger partial charge on any atom is -0.447 e. The van der Waals surface area contributed by atoms with Crippen LogP contribution in [0, 0.1) is 0 Å². The highest BCUT2D eigenvalue weighted by Crippen LogP contribution is 2.44. The molecule has 0 bridgehead atoms. The Morgan fingerprint density at radius 3 is 2.72 bits per heavy atom. The summed E-state index contributed by atoms with van der Waals surface area (Å²) >= 11 is 8.08. The van der Waals surface area contributed by atoms with Crippen LogP contribution in [-0.2, 0) is 11.2 Å². The first-order valence-corrected chi connectivity index (χ1v) is 12.1. The minimum absolute atomic E-state index is 0.168. The van der Waals surface area contributed by atoms with Crippen LogP contribution in [0.1, 0.15) is 51.0 Å². The van der Waals surface area contributed by atoms with E-state index in [1.165, 1.54) is 6.92 Å². The van der Waals surface area contributed by atoms with Crippen LogP contribution in [0.25, 0.3) is 11.3 Å². The second-order valence-electron chi connectivity index (χ2n) is 7.54. The monoisotopic (exact) mass is 468 g/mol. The number of benzene rings is 2. The molecule has 6 nitrogen and oxygen atoms in total. The van der Waals surface area contributed by atoms with Crippen molar-refractivity contribution in [2.24, 2.45) is 0 Å². The Balaban J connectivity index is 1.91. The van der Waals surface area contributed by atoms with Crippen molar-refractivity contribution in [2.45, 2.75) is 51.4 Å². The summed E-state index contributed by atoms with van der Waals surface area (Å²) in [6, 6.07) is 13.4. The van der Waals surface area contributed by atoms with Crippen LogP contribution in [0.15, 0.2) is 47.6 Å². The smallest absolute Gasteiger partial charge is 0.247 e. The Bertz CT molecular complexity index is 1140. The van der Waals surface area contributed by atoms with Crippen LogP contribution in [-0.4, -0.2) is 26.8 Å². The lowest BCUT2D eigenvalue weighted by atomic mass is 10.0. The second-order valence-corrected chi connectivity index (χ2v) is 9.01. The highest BCUT2D eigenvalue weighted by Gasteiger charge is 2.35. The van der Waals surface area contributed by atoms with Gasteiger partial charge in [-0.2, -0.15) is 4.98 Å². The molecule has 2 heterocycles. The summed E-state index contributed by atoms with van der Waals surface area (Å²) in [5.74, 6) is 1.09. The van der Waals surface area contributed by atoms with Crippen molar-refractivity contribution in [3.05, 3.63) is 58.6 Å². The fraction of sp³-hybridized carbons (Fsp3) is 0.333. The maximum atomic E-state index is 12.9. The third-order valence-electron chi connectivity index (χ3n) is 5.32. The van der Waals surface area contributed by atoms with E-state index in [1.54, 1.807) is 22.7 Å². The molecule has 0 fully saturated rings. The summed E-state index contributed by atoms with van der Waals surface area (Å²) in [5, 5.41) is 9.89. The predicted molar refractivity (Wildman–Crippen MR) is 128 cm³/mol. The zero-order valence-electron chi connectivity index (χ0n) is 18.3. The standard InChI is InChI=1S/C24H25ClN4O2S/c1-4-6-13-32-24-26-22-21(27-28-24)18-14-16(5-2)11-12-20(18)29(15(3)30)23(31-22)17-9-7-8-10-19(17)25/h7-12,14,23H,4-6,13H2,1-3H3. The van der Waals surface area contributed by atoms with E-state index in [9.17, 15) is 4.79 Å². The topological polar surface area (TPSA) is 68.2 Å². The van der Waals surface area contributed by atoms with E-state index in [0.29, 0.717) is 33.0 Å². The molecule has 1 aromatic heterocycles. The fourth-order valence-electron chi connectivity index (χ4n) is 3.62. The van der Waals surface area contributed by atoms with E-state index in [-0.39, 0.29) is 5.91 Å². The number of carbonyl (C=O) groups excluding carboxylic acids is 1. The molecule has 1 aliphatic heterocycles. The number of halogens is 1. The zero-order valence-corrected chi connectivity index (χ0v) is 19.9. The molecule has 32 heavy (non-hydrogen) atoms.